The molecule has 32 heavy (non-hydrogen) atoms. The number of carbonyl (C=O) groups is 1. The lowest BCUT2D eigenvalue weighted by Gasteiger charge is -2.21. The minimum atomic E-state index is -3.51. The topological polar surface area (TPSA) is 105 Å². The summed E-state index contributed by atoms with van der Waals surface area (Å²) in [6, 6.07) is 6.25. The van der Waals surface area contributed by atoms with Crippen LogP contribution in [0.15, 0.2) is 30.3 Å². The van der Waals surface area contributed by atoms with Gasteiger partial charge in [-0.15, -0.1) is 0 Å². The Balaban J connectivity index is 2.04. The first kappa shape index (κ1) is 25.5. The fraction of sp³-hybridized carbons (Fsp3) is 0.409. The van der Waals surface area contributed by atoms with Gasteiger partial charge in [0.2, 0.25) is 10.0 Å². The number of amides is 1. The molecular formula is C22H28F2N2O5S. The Kier molecular flexibility index (Phi) is 7.84. The van der Waals surface area contributed by atoms with E-state index in [0.29, 0.717) is 11.1 Å². The molecule has 1 amide bonds. The molecule has 0 aliphatic carbocycles. The molecule has 0 aromatic heterocycles. The van der Waals surface area contributed by atoms with Gasteiger partial charge in [0.1, 0.15) is 17.4 Å². The van der Waals surface area contributed by atoms with Crippen LogP contribution in [0, 0.1) is 11.6 Å². The summed E-state index contributed by atoms with van der Waals surface area (Å²) in [5, 5.41) is 12.2. The molecule has 0 aliphatic heterocycles. The van der Waals surface area contributed by atoms with Gasteiger partial charge in [-0.3, -0.25) is 9.52 Å². The van der Waals surface area contributed by atoms with Gasteiger partial charge in [-0.1, -0.05) is 26.8 Å². The summed E-state index contributed by atoms with van der Waals surface area (Å²) in [4.78, 5) is 12.2. The Morgan fingerprint density at radius 3 is 2.25 bits per heavy atom. The Morgan fingerprint density at radius 1 is 1.16 bits per heavy atom. The van der Waals surface area contributed by atoms with Gasteiger partial charge < -0.3 is 15.2 Å². The number of halogens is 2. The zero-order chi connectivity index (χ0) is 24.3. The van der Waals surface area contributed by atoms with Crippen molar-refractivity contribution in [1.29, 1.82) is 0 Å². The van der Waals surface area contributed by atoms with Crippen LogP contribution in [-0.2, 0) is 26.8 Å². The highest BCUT2D eigenvalue weighted by molar-refractivity contribution is 7.92. The van der Waals surface area contributed by atoms with Gasteiger partial charge in [0.25, 0.3) is 5.91 Å². The van der Waals surface area contributed by atoms with E-state index in [4.69, 9.17) is 4.74 Å². The molecule has 0 heterocycles. The lowest BCUT2D eigenvalue weighted by Crippen LogP contribution is -2.31. The third kappa shape index (κ3) is 6.89. The van der Waals surface area contributed by atoms with Crippen molar-refractivity contribution in [2.75, 3.05) is 17.6 Å². The molecule has 3 N–H and O–H groups in total. The molecule has 0 fully saturated rings. The molecule has 10 heteroatoms. The molecule has 0 aliphatic rings. The van der Waals surface area contributed by atoms with Crippen molar-refractivity contribution in [2.45, 2.75) is 45.8 Å². The van der Waals surface area contributed by atoms with E-state index in [0.717, 1.165) is 18.4 Å². The van der Waals surface area contributed by atoms with Crippen LogP contribution >= 0.6 is 0 Å². The predicted octanol–water partition coefficient (Wildman–Crippen LogP) is 3.38. The van der Waals surface area contributed by atoms with Gasteiger partial charge in [-0.25, -0.2) is 17.2 Å². The van der Waals surface area contributed by atoms with Gasteiger partial charge in [0, 0.05) is 23.3 Å². The zero-order valence-corrected chi connectivity index (χ0v) is 19.4. The fourth-order valence-corrected chi connectivity index (χ4v) is 3.78. The van der Waals surface area contributed by atoms with Crippen molar-refractivity contribution < 1.29 is 31.8 Å². The van der Waals surface area contributed by atoms with Crippen molar-refractivity contribution in [1.82, 2.24) is 5.32 Å². The zero-order valence-electron chi connectivity index (χ0n) is 18.6. The summed E-state index contributed by atoms with van der Waals surface area (Å²) in [6.45, 7) is 5.90. The molecule has 7 nitrogen and oxygen atoms in total. The van der Waals surface area contributed by atoms with Gasteiger partial charge in [-0.2, -0.15) is 0 Å². The molecule has 0 bridgehead atoms. The average Bonchev–Trinajstić information content (AvgIpc) is 2.63. The quantitative estimate of drug-likeness (QED) is 0.549. The number of rotatable bonds is 8. The number of hydrogen-bond donors (Lipinski definition) is 3. The van der Waals surface area contributed by atoms with E-state index in [1.807, 2.05) is 0 Å². The van der Waals surface area contributed by atoms with E-state index in [1.54, 1.807) is 39.8 Å². The fourth-order valence-electron chi connectivity index (χ4n) is 3.18. The van der Waals surface area contributed by atoms with E-state index in [9.17, 15) is 27.1 Å². The largest absolute Gasteiger partial charge is 0.484 e. The SMILES string of the molecule is CC(NC(=O)COc1cc(F)c(C(C)(C)C)c(F)c1)c1ccc(NS(C)(=O)=O)c(CO)c1. The van der Waals surface area contributed by atoms with Crippen molar-refractivity contribution in [3.05, 3.63) is 58.7 Å². The number of sulfonamides is 1. The molecule has 176 valence electrons. The molecule has 2 aromatic carbocycles. The third-order valence-corrected chi connectivity index (χ3v) is 5.20. The molecule has 0 radical (unpaired) electrons. The Hall–Kier alpha value is -2.72. The number of benzene rings is 2. The summed E-state index contributed by atoms with van der Waals surface area (Å²) >= 11 is 0. The first-order valence-electron chi connectivity index (χ1n) is 9.84. The van der Waals surface area contributed by atoms with Gasteiger partial charge in [-0.05, 0) is 30.0 Å². The molecule has 1 atom stereocenters. The standard InChI is InChI=1S/C22H28F2N2O5S/c1-13(14-6-7-19(15(8-14)11-27)26-32(5,29)30)25-20(28)12-31-16-9-17(23)21(18(24)10-16)22(2,3)4/h6-10,13,26-27H,11-12H2,1-5H3,(H,25,28). The highest BCUT2D eigenvalue weighted by Gasteiger charge is 2.24. The minimum absolute atomic E-state index is 0.0589. The van der Waals surface area contributed by atoms with Crippen LogP contribution in [0.2, 0.25) is 0 Å². The van der Waals surface area contributed by atoms with E-state index >= 15 is 0 Å². The Labute approximate surface area is 186 Å². The van der Waals surface area contributed by atoms with Crippen LogP contribution in [0.3, 0.4) is 0 Å². The third-order valence-electron chi connectivity index (χ3n) is 4.61. The lowest BCUT2D eigenvalue weighted by molar-refractivity contribution is -0.123. The summed E-state index contributed by atoms with van der Waals surface area (Å²) in [6.07, 6.45) is 0.999. The summed E-state index contributed by atoms with van der Waals surface area (Å²) in [5.41, 5.74) is 0.419. The van der Waals surface area contributed by atoms with Gasteiger partial charge >= 0.3 is 0 Å². The predicted molar refractivity (Wildman–Crippen MR) is 118 cm³/mol. The number of carbonyl (C=O) groups excluding carboxylic acids is 1. The second kappa shape index (κ2) is 9.83. The van der Waals surface area contributed by atoms with Crippen LogP contribution < -0.4 is 14.8 Å². The maximum atomic E-state index is 14.3. The van der Waals surface area contributed by atoms with E-state index in [1.165, 1.54) is 6.07 Å². The first-order valence-corrected chi connectivity index (χ1v) is 11.7. The van der Waals surface area contributed by atoms with Gasteiger partial charge in [0.15, 0.2) is 6.61 Å². The molecule has 0 saturated heterocycles. The molecular weight excluding hydrogens is 442 g/mol. The minimum Gasteiger partial charge on any atom is -0.484 e. The Bertz CT molecular complexity index is 1070. The molecule has 1 unspecified atom stereocenters. The highest BCUT2D eigenvalue weighted by Crippen LogP contribution is 2.31. The van der Waals surface area contributed by atoms with Crippen molar-refractivity contribution in [2.24, 2.45) is 0 Å². The number of nitrogens with one attached hydrogen (secondary N) is 2. The number of hydrogen-bond acceptors (Lipinski definition) is 5. The average molecular weight is 471 g/mol. The van der Waals surface area contributed by atoms with E-state index in [-0.39, 0.29) is 17.0 Å². The monoisotopic (exact) mass is 470 g/mol. The van der Waals surface area contributed by atoms with Crippen LogP contribution in [0.25, 0.3) is 0 Å². The second-order valence-electron chi connectivity index (χ2n) is 8.54. The van der Waals surface area contributed by atoms with E-state index < -0.39 is 52.2 Å². The first-order chi connectivity index (χ1) is 14.7. The number of aliphatic hydroxyl groups is 1. The lowest BCUT2D eigenvalue weighted by atomic mass is 9.86. The normalized spacial score (nSPS) is 12.9. The van der Waals surface area contributed by atoms with Crippen molar-refractivity contribution in [3.63, 3.8) is 0 Å². The second-order valence-corrected chi connectivity index (χ2v) is 10.3. The molecule has 2 aromatic rings. The summed E-state index contributed by atoms with van der Waals surface area (Å²) < 4.78 is 59.0. The number of ether oxygens (including phenoxy) is 1. The van der Waals surface area contributed by atoms with Crippen LogP contribution in [0.4, 0.5) is 14.5 Å². The van der Waals surface area contributed by atoms with Crippen LogP contribution in [0.1, 0.15) is 50.4 Å². The Morgan fingerprint density at radius 2 is 1.75 bits per heavy atom. The van der Waals surface area contributed by atoms with Crippen molar-refractivity contribution in [3.8, 4) is 5.75 Å². The van der Waals surface area contributed by atoms with Crippen LogP contribution in [0.5, 0.6) is 5.75 Å². The molecule has 2 rings (SSSR count). The smallest absolute Gasteiger partial charge is 0.258 e. The van der Waals surface area contributed by atoms with Crippen LogP contribution in [-0.4, -0.2) is 32.3 Å². The van der Waals surface area contributed by atoms with Crippen molar-refractivity contribution >= 4 is 21.6 Å². The number of aliphatic hydroxyl groups excluding tert-OH is 1. The van der Waals surface area contributed by atoms with Gasteiger partial charge in [0.05, 0.1) is 24.6 Å². The molecule has 0 spiro atoms. The molecule has 0 saturated carbocycles. The maximum absolute atomic E-state index is 14.3. The number of anilines is 1. The maximum Gasteiger partial charge on any atom is 0.258 e. The summed E-state index contributed by atoms with van der Waals surface area (Å²) in [7, 11) is -3.51. The summed E-state index contributed by atoms with van der Waals surface area (Å²) in [5.74, 6) is -2.13. The van der Waals surface area contributed by atoms with E-state index in [2.05, 4.69) is 10.0 Å². The highest BCUT2D eigenvalue weighted by atomic mass is 32.2.